The Kier molecular flexibility index (Phi) is 5.59. The molecule has 0 unspecified atom stereocenters. The van der Waals surface area contributed by atoms with E-state index in [1.807, 2.05) is 0 Å². The first-order valence-electron chi connectivity index (χ1n) is 8.17. The molecule has 6 heteroatoms. The van der Waals surface area contributed by atoms with E-state index < -0.39 is 5.91 Å². The Labute approximate surface area is 156 Å². The zero-order valence-electron chi connectivity index (χ0n) is 14.3. The highest BCUT2D eigenvalue weighted by molar-refractivity contribution is 6.00. The summed E-state index contributed by atoms with van der Waals surface area (Å²) >= 11 is 0. The Balaban J connectivity index is 1.76. The van der Waals surface area contributed by atoms with Crippen LogP contribution in [0.1, 0.15) is 21.5 Å². The molecule has 0 bridgehead atoms. The van der Waals surface area contributed by atoms with E-state index in [0.29, 0.717) is 22.4 Å². The number of rotatable bonds is 5. The topological polar surface area (TPSA) is 94.3 Å². The van der Waals surface area contributed by atoms with Gasteiger partial charge in [0.2, 0.25) is 0 Å². The molecule has 3 aromatic carbocycles. The minimum absolute atomic E-state index is 0.0724. The molecule has 0 heterocycles. The Morgan fingerprint density at radius 2 is 1.33 bits per heavy atom. The van der Waals surface area contributed by atoms with Crippen LogP contribution in [0.25, 0.3) is 0 Å². The molecule has 0 aromatic heterocycles. The number of phenols is 2. The van der Waals surface area contributed by atoms with Gasteiger partial charge >= 0.3 is 0 Å². The van der Waals surface area contributed by atoms with Crippen molar-refractivity contribution in [1.29, 1.82) is 0 Å². The van der Waals surface area contributed by atoms with Gasteiger partial charge in [0, 0.05) is 17.3 Å². The van der Waals surface area contributed by atoms with Gasteiger partial charge < -0.3 is 10.2 Å². The van der Waals surface area contributed by atoms with Gasteiger partial charge in [-0.3, -0.25) is 9.79 Å². The Hall–Kier alpha value is -3.93. The van der Waals surface area contributed by atoms with Crippen molar-refractivity contribution in [1.82, 2.24) is 5.43 Å². The summed E-state index contributed by atoms with van der Waals surface area (Å²) in [5, 5.41) is 23.4. The van der Waals surface area contributed by atoms with Gasteiger partial charge in [0.05, 0.1) is 17.5 Å². The Morgan fingerprint density at radius 3 is 2.00 bits per heavy atom. The first-order chi connectivity index (χ1) is 13.1. The lowest BCUT2D eigenvalue weighted by atomic mass is 10.1. The van der Waals surface area contributed by atoms with Crippen LogP contribution >= 0.6 is 0 Å². The molecule has 0 spiro atoms. The standard InChI is InChI=1S/C21H17N3O3/c25-19-11-5-1-7-15(19)13-22-18-10-4-3-9-17(18)21(27)24-23-14-16-8-2-6-12-20(16)26/h1-14,25-26H,(H,24,27)/b22-13?,23-14+. The van der Waals surface area contributed by atoms with Crippen LogP contribution < -0.4 is 5.43 Å². The SMILES string of the molecule is O=C(N/N=C/c1ccccc1O)c1ccccc1N=Cc1ccccc1O. The molecule has 0 saturated heterocycles. The van der Waals surface area contributed by atoms with Gasteiger partial charge in [-0.25, -0.2) is 5.43 Å². The summed E-state index contributed by atoms with van der Waals surface area (Å²) in [6, 6.07) is 20.3. The number of carbonyl (C=O) groups is 1. The average molecular weight is 359 g/mol. The number of hydrogen-bond acceptors (Lipinski definition) is 5. The molecule has 0 saturated carbocycles. The molecule has 27 heavy (non-hydrogen) atoms. The lowest BCUT2D eigenvalue weighted by Gasteiger charge is -2.04. The molecule has 0 aliphatic heterocycles. The number of aromatic hydroxyl groups is 2. The second-order valence-corrected chi connectivity index (χ2v) is 5.59. The molecule has 1 amide bonds. The highest BCUT2D eigenvalue weighted by Crippen LogP contribution is 2.20. The molecule has 0 radical (unpaired) electrons. The largest absolute Gasteiger partial charge is 0.507 e. The number of nitrogens with zero attached hydrogens (tertiary/aromatic N) is 2. The lowest BCUT2D eigenvalue weighted by Crippen LogP contribution is -2.17. The van der Waals surface area contributed by atoms with Gasteiger partial charge in [0.15, 0.2) is 0 Å². The van der Waals surface area contributed by atoms with Crippen molar-refractivity contribution in [3.63, 3.8) is 0 Å². The molecule has 3 N–H and O–H groups in total. The summed E-state index contributed by atoms with van der Waals surface area (Å²) in [5.41, 5.74) is 4.23. The fraction of sp³-hybridized carbons (Fsp3) is 0. The average Bonchev–Trinajstić information content (AvgIpc) is 2.69. The first-order valence-corrected chi connectivity index (χ1v) is 8.17. The van der Waals surface area contributed by atoms with Crippen LogP contribution in [0.4, 0.5) is 5.69 Å². The third-order valence-corrected chi connectivity index (χ3v) is 3.73. The van der Waals surface area contributed by atoms with Crippen molar-refractivity contribution in [2.75, 3.05) is 0 Å². The normalized spacial score (nSPS) is 11.1. The van der Waals surface area contributed by atoms with E-state index in [1.165, 1.54) is 18.5 Å². The van der Waals surface area contributed by atoms with Crippen LogP contribution in [-0.4, -0.2) is 28.5 Å². The summed E-state index contributed by atoms with van der Waals surface area (Å²) in [6.45, 7) is 0. The number of aliphatic imine (C=N–C) groups is 1. The molecule has 134 valence electrons. The van der Waals surface area contributed by atoms with Gasteiger partial charge in [-0.1, -0.05) is 36.4 Å². The Bertz CT molecular complexity index is 1010. The molecule has 6 nitrogen and oxygen atoms in total. The summed E-state index contributed by atoms with van der Waals surface area (Å²) in [5.74, 6) is -0.259. The second kappa shape index (κ2) is 8.44. The summed E-state index contributed by atoms with van der Waals surface area (Å²) in [7, 11) is 0. The van der Waals surface area contributed by atoms with E-state index in [1.54, 1.807) is 66.7 Å². The molecular weight excluding hydrogens is 342 g/mol. The van der Waals surface area contributed by atoms with Gasteiger partial charge in [-0.15, -0.1) is 0 Å². The lowest BCUT2D eigenvalue weighted by molar-refractivity contribution is 0.0956. The third-order valence-electron chi connectivity index (χ3n) is 3.73. The molecule has 0 aliphatic rings. The molecule has 3 aromatic rings. The smallest absolute Gasteiger partial charge is 0.273 e. The molecule has 0 aliphatic carbocycles. The fourth-order valence-electron chi connectivity index (χ4n) is 2.33. The highest BCUT2D eigenvalue weighted by atomic mass is 16.3. The number of carbonyl (C=O) groups excluding carboxylic acids is 1. The number of amides is 1. The summed E-state index contributed by atoms with van der Waals surface area (Å²) in [6.07, 6.45) is 2.86. The number of hydrazone groups is 1. The van der Waals surface area contributed by atoms with E-state index in [9.17, 15) is 15.0 Å². The minimum atomic E-state index is -0.438. The van der Waals surface area contributed by atoms with Gasteiger partial charge in [-0.2, -0.15) is 5.10 Å². The minimum Gasteiger partial charge on any atom is -0.507 e. The van der Waals surface area contributed by atoms with Crippen LogP contribution in [0.5, 0.6) is 11.5 Å². The molecule has 0 fully saturated rings. The van der Waals surface area contributed by atoms with Crippen LogP contribution in [0.15, 0.2) is 82.9 Å². The van der Waals surface area contributed by atoms with E-state index in [0.717, 1.165) is 0 Å². The van der Waals surface area contributed by atoms with Crippen molar-refractivity contribution in [3.8, 4) is 11.5 Å². The van der Waals surface area contributed by atoms with E-state index in [2.05, 4.69) is 15.5 Å². The van der Waals surface area contributed by atoms with Crippen molar-refractivity contribution in [3.05, 3.63) is 89.5 Å². The van der Waals surface area contributed by atoms with Crippen molar-refractivity contribution in [2.45, 2.75) is 0 Å². The zero-order chi connectivity index (χ0) is 19.1. The van der Waals surface area contributed by atoms with Crippen LogP contribution in [-0.2, 0) is 0 Å². The van der Waals surface area contributed by atoms with Crippen molar-refractivity contribution < 1.29 is 15.0 Å². The van der Waals surface area contributed by atoms with Crippen molar-refractivity contribution >= 4 is 24.0 Å². The maximum atomic E-state index is 12.4. The quantitative estimate of drug-likeness (QED) is 0.480. The fourth-order valence-corrected chi connectivity index (χ4v) is 2.33. The highest BCUT2D eigenvalue weighted by Gasteiger charge is 2.09. The van der Waals surface area contributed by atoms with Crippen LogP contribution in [0.2, 0.25) is 0 Å². The zero-order valence-corrected chi connectivity index (χ0v) is 14.3. The van der Waals surface area contributed by atoms with Crippen LogP contribution in [0.3, 0.4) is 0 Å². The molecule has 3 rings (SSSR count). The number of nitrogens with one attached hydrogen (secondary N) is 1. The predicted octanol–water partition coefficient (Wildman–Crippen LogP) is 3.61. The van der Waals surface area contributed by atoms with Gasteiger partial charge in [0.25, 0.3) is 5.91 Å². The monoisotopic (exact) mass is 359 g/mol. The summed E-state index contributed by atoms with van der Waals surface area (Å²) < 4.78 is 0. The molecular formula is C21H17N3O3. The van der Waals surface area contributed by atoms with Gasteiger partial charge in [0.1, 0.15) is 11.5 Å². The third kappa shape index (κ3) is 4.58. The van der Waals surface area contributed by atoms with Gasteiger partial charge in [-0.05, 0) is 36.4 Å². The maximum Gasteiger partial charge on any atom is 0.273 e. The van der Waals surface area contributed by atoms with E-state index >= 15 is 0 Å². The number of phenolic OH excluding ortho intramolecular Hbond substituents is 2. The number of benzene rings is 3. The van der Waals surface area contributed by atoms with Crippen LogP contribution in [0, 0.1) is 0 Å². The van der Waals surface area contributed by atoms with E-state index in [4.69, 9.17) is 0 Å². The maximum absolute atomic E-state index is 12.4. The Morgan fingerprint density at radius 1 is 0.778 bits per heavy atom. The second-order valence-electron chi connectivity index (χ2n) is 5.59. The van der Waals surface area contributed by atoms with E-state index in [-0.39, 0.29) is 11.5 Å². The number of para-hydroxylation sites is 3. The number of hydrogen-bond donors (Lipinski definition) is 3. The first kappa shape index (κ1) is 17.9. The van der Waals surface area contributed by atoms with Crippen molar-refractivity contribution in [2.24, 2.45) is 10.1 Å². The molecule has 0 atom stereocenters. The summed E-state index contributed by atoms with van der Waals surface area (Å²) in [4.78, 5) is 16.7. The predicted molar refractivity (Wildman–Crippen MR) is 105 cm³/mol.